The van der Waals surface area contributed by atoms with Crippen molar-refractivity contribution in [2.75, 3.05) is 0 Å². The fourth-order valence-corrected chi connectivity index (χ4v) is 2.24. The number of pyridine rings is 1. The van der Waals surface area contributed by atoms with Gasteiger partial charge in [-0.1, -0.05) is 11.8 Å². The van der Waals surface area contributed by atoms with Gasteiger partial charge in [0.1, 0.15) is 0 Å². The molecular weight excluding hydrogens is 260 g/mol. The lowest BCUT2D eigenvalue weighted by molar-refractivity contribution is 0.0686. The first-order valence-electron chi connectivity index (χ1n) is 4.89. The van der Waals surface area contributed by atoms with E-state index in [0.29, 0.717) is 9.79 Å². The second-order valence-corrected chi connectivity index (χ2v) is 4.45. The highest BCUT2D eigenvalue weighted by Gasteiger charge is 2.13. The summed E-state index contributed by atoms with van der Waals surface area (Å²) >= 11 is 1.02. The van der Waals surface area contributed by atoms with Crippen LogP contribution in [0.1, 0.15) is 10.5 Å². The highest BCUT2D eigenvalue weighted by Crippen LogP contribution is 2.30. The Hall–Kier alpha value is -1.95. The van der Waals surface area contributed by atoms with E-state index >= 15 is 0 Å². The van der Waals surface area contributed by atoms with Crippen LogP contribution in [-0.4, -0.2) is 16.1 Å². The predicted molar refractivity (Wildman–Crippen MR) is 61.7 cm³/mol. The van der Waals surface area contributed by atoms with Crippen LogP contribution in [0.2, 0.25) is 0 Å². The number of aromatic carboxylic acids is 1. The van der Waals surface area contributed by atoms with Crippen molar-refractivity contribution in [1.82, 2.24) is 4.98 Å². The molecule has 18 heavy (non-hydrogen) atoms. The maximum absolute atomic E-state index is 13.0. The van der Waals surface area contributed by atoms with Gasteiger partial charge in [-0.3, -0.25) is 0 Å². The molecule has 1 aromatic carbocycles. The van der Waals surface area contributed by atoms with Crippen molar-refractivity contribution < 1.29 is 18.7 Å². The average molecular weight is 267 g/mol. The third-order valence-electron chi connectivity index (χ3n) is 2.09. The van der Waals surface area contributed by atoms with E-state index in [2.05, 4.69) is 4.98 Å². The Labute approximate surface area is 105 Å². The van der Waals surface area contributed by atoms with Crippen LogP contribution in [0, 0.1) is 11.6 Å². The standard InChI is InChI=1S/C12H7F2NO2S/c13-8-4-3-7(6-9(8)14)18-10-2-1-5-15-11(10)12(16)17/h1-6H,(H,16,17). The zero-order valence-corrected chi connectivity index (χ0v) is 9.75. The number of aromatic nitrogens is 1. The topological polar surface area (TPSA) is 50.2 Å². The molecule has 0 radical (unpaired) electrons. The highest BCUT2D eigenvalue weighted by atomic mass is 32.2. The minimum Gasteiger partial charge on any atom is -0.476 e. The zero-order chi connectivity index (χ0) is 13.1. The molecule has 0 fully saturated rings. The Morgan fingerprint density at radius 1 is 1.22 bits per heavy atom. The summed E-state index contributed by atoms with van der Waals surface area (Å²) in [5.41, 5.74) is -0.118. The summed E-state index contributed by atoms with van der Waals surface area (Å²) in [6, 6.07) is 6.52. The van der Waals surface area contributed by atoms with Gasteiger partial charge in [0.05, 0.1) is 0 Å². The number of benzene rings is 1. The van der Waals surface area contributed by atoms with Gasteiger partial charge < -0.3 is 5.11 Å². The molecule has 0 atom stereocenters. The molecule has 6 heteroatoms. The Kier molecular flexibility index (Phi) is 3.57. The van der Waals surface area contributed by atoms with Gasteiger partial charge in [0.15, 0.2) is 17.3 Å². The predicted octanol–water partition coefficient (Wildman–Crippen LogP) is 3.21. The zero-order valence-electron chi connectivity index (χ0n) is 8.93. The maximum atomic E-state index is 13.0. The molecule has 92 valence electrons. The van der Waals surface area contributed by atoms with E-state index in [1.165, 1.54) is 12.3 Å². The molecule has 1 N–H and O–H groups in total. The van der Waals surface area contributed by atoms with Crippen molar-refractivity contribution in [3.8, 4) is 0 Å². The van der Waals surface area contributed by atoms with Gasteiger partial charge in [0.25, 0.3) is 0 Å². The van der Waals surface area contributed by atoms with Gasteiger partial charge in [-0.15, -0.1) is 0 Å². The number of hydrogen-bond acceptors (Lipinski definition) is 3. The van der Waals surface area contributed by atoms with Crippen molar-refractivity contribution in [2.24, 2.45) is 0 Å². The second kappa shape index (κ2) is 5.14. The van der Waals surface area contributed by atoms with Crippen molar-refractivity contribution >= 4 is 17.7 Å². The quantitative estimate of drug-likeness (QED) is 0.927. The van der Waals surface area contributed by atoms with Gasteiger partial charge in [0.2, 0.25) is 0 Å². The summed E-state index contributed by atoms with van der Waals surface area (Å²) in [6.07, 6.45) is 1.36. The minimum atomic E-state index is -1.17. The molecule has 2 rings (SSSR count). The van der Waals surface area contributed by atoms with Crippen LogP contribution in [0.3, 0.4) is 0 Å². The number of hydrogen-bond donors (Lipinski definition) is 1. The summed E-state index contributed by atoms with van der Waals surface area (Å²) in [7, 11) is 0. The lowest BCUT2D eigenvalue weighted by atomic mass is 10.3. The van der Waals surface area contributed by atoms with Crippen LogP contribution in [0.15, 0.2) is 46.3 Å². The molecule has 3 nitrogen and oxygen atoms in total. The van der Waals surface area contributed by atoms with Gasteiger partial charge in [0, 0.05) is 16.0 Å². The van der Waals surface area contributed by atoms with Crippen molar-refractivity contribution in [2.45, 2.75) is 9.79 Å². The maximum Gasteiger partial charge on any atom is 0.355 e. The molecule has 0 unspecified atom stereocenters. The van der Waals surface area contributed by atoms with E-state index < -0.39 is 17.6 Å². The van der Waals surface area contributed by atoms with Gasteiger partial charge >= 0.3 is 5.97 Å². The lowest BCUT2D eigenvalue weighted by Crippen LogP contribution is -2.01. The molecule has 0 spiro atoms. The largest absolute Gasteiger partial charge is 0.476 e. The number of carbonyl (C=O) groups is 1. The number of nitrogens with zero attached hydrogens (tertiary/aromatic N) is 1. The van der Waals surface area contributed by atoms with Gasteiger partial charge in [-0.2, -0.15) is 0 Å². The number of carboxylic acid groups (broad SMARTS) is 1. The van der Waals surface area contributed by atoms with Crippen LogP contribution in [0.5, 0.6) is 0 Å². The van der Waals surface area contributed by atoms with E-state index in [-0.39, 0.29) is 5.69 Å². The highest BCUT2D eigenvalue weighted by molar-refractivity contribution is 7.99. The van der Waals surface area contributed by atoms with Gasteiger partial charge in [-0.25, -0.2) is 18.6 Å². The average Bonchev–Trinajstić information content (AvgIpc) is 2.34. The van der Waals surface area contributed by atoms with Crippen LogP contribution >= 0.6 is 11.8 Å². The van der Waals surface area contributed by atoms with E-state index in [1.54, 1.807) is 12.1 Å². The minimum absolute atomic E-state index is 0.118. The molecule has 0 aliphatic carbocycles. The smallest absolute Gasteiger partial charge is 0.355 e. The molecule has 1 aromatic heterocycles. The molecule has 0 aliphatic heterocycles. The number of carboxylic acids is 1. The van der Waals surface area contributed by atoms with Gasteiger partial charge in [-0.05, 0) is 30.3 Å². The van der Waals surface area contributed by atoms with E-state index in [1.807, 2.05) is 0 Å². The number of rotatable bonds is 3. The van der Waals surface area contributed by atoms with Crippen molar-refractivity contribution in [3.63, 3.8) is 0 Å². The fraction of sp³-hybridized carbons (Fsp3) is 0. The lowest BCUT2D eigenvalue weighted by Gasteiger charge is -2.04. The summed E-state index contributed by atoms with van der Waals surface area (Å²) in [5, 5.41) is 8.93. The first kappa shape index (κ1) is 12.5. The Balaban J connectivity index is 2.34. The molecule has 0 saturated heterocycles. The molecule has 0 bridgehead atoms. The number of halogens is 2. The third kappa shape index (κ3) is 2.65. The third-order valence-corrected chi connectivity index (χ3v) is 3.13. The summed E-state index contributed by atoms with van der Waals surface area (Å²) in [4.78, 5) is 15.4. The van der Waals surface area contributed by atoms with E-state index in [9.17, 15) is 13.6 Å². The summed E-state index contributed by atoms with van der Waals surface area (Å²) in [6.45, 7) is 0. The first-order valence-corrected chi connectivity index (χ1v) is 5.71. The van der Waals surface area contributed by atoms with Crippen LogP contribution in [-0.2, 0) is 0 Å². The Morgan fingerprint density at radius 3 is 2.67 bits per heavy atom. The molecule has 0 aliphatic rings. The van der Waals surface area contributed by atoms with Crippen LogP contribution in [0.25, 0.3) is 0 Å². The van der Waals surface area contributed by atoms with Crippen LogP contribution in [0.4, 0.5) is 8.78 Å². The molecule has 0 saturated carbocycles. The molecular formula is C12H7F2NO2S. The van der Waals surface area contributed by atoms with E-state index in [0.717, 1.165) is 23.9 Å². The van der Waals surface area contributed by atoms with Crippen LogP contribution < -0.4 is 0 Å². The molecule has 1 heterocycles. The SMILES string of the molecule is O=C(O)c1ncccc1Sc1ccc(F)c(F)c1. The molecule has 0 amide bonds. The Bertz CT molecular complexity index is 604. The summed E-state index contributed by atoms with van der Waals surface area (Å²) in [5.74, 6) is -3.08. The normalized spacial score (nSPS) is 10.3. The Morgan fingerprint density at radius 2 is 2.00 bits per heavy atom. The monoisotopic (exact) mass is 267 g/mol. The molecule has 2 aromatic rings. The first-order chi connectivity index (χ1) is 8.58. The van der Waals surface area contributed by atoms with E-state index in [4.69, 9.17) is 5.11 Å². The fourth-order valence-electron chi connectivity index (χ4n) is 1.30. The second-order valence-electron chi connectivity index (χ2n) is 3.33. The van der Waals surface area contributed by atoms with Crippen molar-refractivity contribution in [1.29, 1.82) is 0 Å². The van der Waals surface area contributed by atoms with Crippen molar-refractivity contribution in [3.05, 3.63) is 53.9 Å². The summed E-state index contributed by atoms with van der Waals surface area (Å²) < 4.78 is 25.8.